The Hall–Kier alpha value is -0.610. The molecule has 0 saturated heterocycles. The van der Waals surface area contributed by atoms with E-state index in [0.717, 1.165) is 32.1 Å². The molecular formula is C24H40O4. The molecule has 28 heavy (non-hydrogen) atoms. The topological polar surface area (TPSA) is 77.8 Å². The molecule has 4 heteroatoms. The zero-order valence-electron chi connectivity index (χ0n) is 17.9. The van der Waals surface area contributed by atoms with Crippen molar-refractivity contribution >= 4 is 5.97 Å². The predicted octanol–water partition coefficient (Wildman–Crippen LogP) is 4.48. The van der Waals surface area contributed by atoms with Crippen LogP contribution in [0.4, 0.5) is 0 Å². The molecule has 0 spiro atoms. The molecule has 4 aliphatic rings. The van der Waals surface area contributed by atoms with Crippen molar-refractivity contribution in [1.29, 1.82) is 0 Å². The van der Waals surface area contributed by atoms with Crippen LogP contribution in [-0.4, -0.2) is 33.5 Å². The van der Waals surface area contributed by atoms with Crippen molar-refractivity contribution in [1.82, 2.24) is 0 Å². The number of aliphatic carboxylic acids is 1. The molecule has 4 unspecified atom stereocenters. The van der Waals surface area contributed by atoms with E-state index in [1.165, 1.54) is 25.7 Å². The van der Waals surface area contributed by atoms with Gasteiger partial charge in [0, 0.05) is 6.42 Å². The van der Waals surface area contributed by atoms with Gasteiger partial charge >= 0.3 is 5.97 Å². The monoisotopic (exact) mass is 392 g/mol. The van der Waals surface area contributed by atoms with E-state index in [-0.39, 0.29) is 29.5 Å². The Morgan fingerprint density at radius 1 is 1.00 bits per heavy atom. The number of hydrogen-bond donors (Lipinski definition) is 3. The molecule has 4 nitrogen and oxygen atoms in total. The Morgan fingerprint density at radius 3 is 2.39 bits per heavy atom. The summed E-state index contributed by atoms with van der Waals surface area (Å²) in [4.78, 5) is 11.1. The first kappa shape index (κ1) is 20.7. The number of aliphatic hydroxyl groups excluding tert-OH is 2. The average Bonchev–Trinajstić information content (AvgIpc) is 2.98. The van der Waals surface area contributed by atoms with Crippen LogP contribution in [0.15, 0.2) is 0 Å². The van der Waals surface area contributed by atoms with Crippen LogP contribution in [0, 0.1) is 46.3 Å². The van der Waals surface area contributed by atoms with Crippen molar-refractivity contribution in [3.63, 3.8) is 0 Å². The van der Waals surface area contributed by atoms with Crippen molar-refractivity contribution in [2.24, 2.45) is 46.3 Å². The summed E-state index contributed by atoms with van der Waals surface area (Å²) >= 11 is 0. The van der Waals surface area contributed by atoms with Gasteiger partial charge in [0.1, 0.15) is 0 Å². The first-order valence-electron chi connectivity index (χ1n) is 11.7. The second-order valence-corrected chi connectivity index (χ2v) is 11.4. The van der Waals surface area contributed by atoms with Crippen LogP contribution in [0.25, 0.3) is 0 Å². The zero-order chi connectivity index (χ0) is 20.3. The minimum Gasteiger partial charge on any atom is -0.481 e. The fourth-order valence-electron chi connectivity index (χ4n) is 8.73. The number of carbonyl (C=O) groups is 1. The minimum absolute atomic E-state index is 0.179. The summed E-state index contributed by atoms with van der Waals surface area (Å²) in [5, 5.41) is 30.5. The van der Waals surface area contributed by atoms with Gasteiger partial charge in [-0.05, 0) is 104 Å². The zero-order valence-corrected chi connectivity index (χ0v) is 17.9. The van der Waals surface area contributed by atoms with Gasteiger partial charge in [0.15, 0.2) is 0 Å². The van der Waals surface area contributed by atoms with Crippen LogP contribution in [0.5, 0.6) is 0 Å². The molecule has 0 aromatic heterocycles. The first-order valence-corrected chi connectivity index (χ1v) is 11.7. The molecule has 0 aromatic rings. The Labute approximate surface area is 170 Å². The summed E-state index contributed by atoms with van der Waals surface area (Å²) in [5.41, 5.74) is 0.523. The predicted molar refractivity (Wildman–Crippen MR) is 109 cm³/mol. The van der Waals surface area contributed by atoms with Gasteiger partial charge in [0.2, 0.25) is 0 Å². The van der Waals surface area contributed by atoms with E-state index in [0.29, 0.717) is 35.5 Å². The van der Waals surface area contributed by atoms with E-state index in [1.807, 2.05) is 0 Å². The molecule has 4 saturated carbocycles. The summed E-state index contributed by atoms with van der Waals surface area (Å²) in [7, 11) is 0. The van der Waals surface area contributed by atoms with Gasteiger partial charge in [-0.3, -0.25) is 4.79 Å². The fourth-order valence-corrected chi connectivity index (χ4v) is 8.73. The Morgan fingerprint density at radius 2 is 1.68 bits per heavy atom. The van der Waals surface area contributed by atoms with Gasteiger partial charge in [-0.1, -0.05) is 20.8 Å². The Kier molecular flexibility index (Phi) is 5.36. The van der Waals surface area contributed by atoms with E-state index < -0.39 is 5.97 Å². The van der Waals surface area contributed by atoms with Crippen LogP contribution in [-0.2, 0) is 4.79 Å². The smallest absolute Gasteiger partial charge is 0.303 e. The first-order chi connectivity index (χ1) is 13.2. The molecule has 0 aromatic carbocycles. The van der Waals surface area contributed by atoms with E-state index in [4.69, 9.17) is 5.11 Å². The molecule has 0 bridgehead atoms. The highest BCUT2D eigenvalue weighted by atomic mass is 16.4. The number of aliphatic hydroxyl groups is 2. The molecular weight excluding hydrogens is 352 g/mol. The van der Waals surface area contributed by atoms with Crippen LogP contribution < -0.4 is 0 Å². The van der Waals surface area contributed by atoms with E-state index >= 15 is 0 Å². The number of fused-ring (bicyclic) bond motifs is 5. The van der Waals surface area contributed by atoms with Gasteiger partial charge in [0.25, 0.3) is 0 Å². The van der Waals surface area contributed by atoms with E-state index in [1.54, 1.807) is 0 Å². The molecule has 0 radical (unpaired) electrons. The van der Waals surface area contributed by atoms with Crippen molar-refractivity contribution in [2.45, 2.75) is 97.2 Å². The van der Waals surface area contributed by atoms with Gasteiger partial charge in [-0.25, -0.2) is 0 Å². The number of rotatable bonds is 4. The highest BCUT2D eigenvalue weighted by molar-refractivity contribution is 5.66. The molecule has 4 fully saturated rings. The highest BCUT2D eigenvalue weighted by Gasteiger charge is 2.62. The SMILES string of the molecule is C[C@H](CCC(=O)O)[C@H]1CC[C@H]2C3[C@H](O)CC4C[C@H](O)CCC4(C)[C@H]3CCC12C. The maximum atomic E-state index is 11.2. The Bertz CT molecular complexity index is 605. The third-order valence-electron chi connectivity index (χ3n) is 10.2. The second kappa shape index (κ2) is 7.27. The standard InChI is InChI=1S/C24H40O4/c1-14(4-7-21(27)28)17-5-6-18-22-19(9-11-24(17,18)3)23(2)10-8-16(25)12-15(23)13-20(22)26/h14-20,22,25-26H,4-13H2,1-3H3,(H,27,28)/t14-,15?,16-,17-,18+,19+,20-,22?,23?,24?/m1/s1. The summed E-state index contributed by atoms with van der Waals surface area (Å²) in [6.07, 6.45) is 9.19. The molecule has 0 amide bonds. The van der Waals surface area contributed by atoms with Crippen LogP contribution in [0.1, 0.15) is 85.0 Å². The van der Waals surface area contributed by atoms with Gasteiger partial charge in [-0.15, -0.1) is 0 Å². The van der Waals surface area contributed by atoms with E-state index in [2.05, 4.69) is 20.8 Å². The maximum Gasteiger partial charge on any atom is 0.303 e. The van der Waals surface area contributed by atoms with Crippen LogP contribution in [0.3, 0.4) is 0 Å². The maximum absolute atomic E-state index is 11.2. The largest absolute Gasteiger partial charge is 0.481 e. The lowest BCUT2D eigenvalue weighted by atomic mass is 9.43. The van der Waals surface area contributed by atoms with Crippen LogP contribution >= 0.6 is 0 Å². The molecule has 0 aliphatic heterocycles. The lowest BCUT2D eigenvalue weighted by Gasteiger charge is -2.62. The quantitative estimate of drug-likeness (QED) is 0.659. The van der Waals surface area contributed by atoms with E-state index in [9.17, 15) is 15.0 Å². The third kappa shape index (κ3) is 3.14. The van der Waals surface area contributed by atoms with Crippen LogP contribution in [0.2, 0.25) is 0 Å². The normalized spacial score (nSPS) is 51.7. The van der Waals surface area contributed by atoms with Gasteiger partial charge in [-0.2, -0.15) is 0 Å². The molecule has 160 valence electrons. The fraction of sp³-hybridized carbons (Fsp3) is 0.958. The average molecular weight is 393 g/mol. The van der Waals surface area contributed by atoms with Gasteiger partial charge < -0.3 is 15.3 Å². The lowest BCUT2D eigenvalue weighted by molar-refractivity contribution is -0.174. The van der Waals surface area contributed by atoms with Crippen molar-refractivity contribution in [2.75, 3.05) is 0 Å². The number of hydrogen-bond acceptors (Lipinski definition) is 3. The molecule has 4 rings (SSSR count). The summed E-state index contributed by atoms with van der Waals surface area (Å²) in [5.74, 6) is 2.36. The summed E-state index contributed by atoms with van der Waals surface area (Å²) in [6.45, 7) is 7.16. The number of carboxylic acid groups (broad SMARTS) is 1. The minimum atomic E-state index is -0.684. The van der Waals surface area contributed by atoms with Crippen molar-refractivity contribution in [3.05, 3.63) is 0 Å². The molecule has 4 aliphatic carbocycles. The summed E-state index contributed by atoms with van der Waals surface area (Å²) in [6, 6.07) is 0. The molecule has 3 N–H and O–H groups in total. The molecule has 0 heterocycles. The Balaban J connectivity index is 1.55. The second-order valence-electron chi connectivity index (χ2n) is 11.4. The van der Waals surface area contributed by atoms with Crippen molar-refractivity contribution < 1.29 is 20.1 Å². The lowest BCUT2D eigenvalue weighted by Crippen LogP contribution is -2.58. The summed E-state index contributed by atoms with van der Waals surface area (Å²) < 4.78 is 0. The molecule has 10 atom stereocenters. The van der Waals surface area contributed by atoms with Crippen molar-refractivity contribution in [3.8, 4) is 0 Å². The highest BCUT2D eigenvalue weighted by Crippen LogP contribution is 2.68. The third-order valence-corrected chi connectivity index (χ3v) is 10.2. The van der Waals surface area contributed by atoms with Gasteiger partial charge in [0.05, 0.1) is 12.2 Å². The number of carboxylic acids is 1.